The van der Waals surface area contributed by atoms with Crippen molar-refractivity contribution in [2.24, 2.45) is 11.7 Å². The summed E-state index contributed by atoms with van der Waals surface area (Å²) in [6.45, 7) is 2.00. The lowest BCUT2D eigenvalue weighted by atomic mass is 9.83. The molecule has 0 aromatic carbocycles. The summed E-state index contributed by atoms with van der Waals surface area (Å²) in [7, 11) is 0. The van der Waals surface area contributed by atoms with Crippen molar-refractivity contribution in [1.29, 1.82) is 0 Å². The largest absolute Gasteiger partial charge is 0.469 e. The van der Waals surface area contributed by atoms with Crippen molar-refractivity contribution in [3.05, 3.63) is 23.7 Å². The minimum Gasteiger partial charge on any atom is -0.469 e. The van der Waals surface area contributed by atoms with Crippen LogP contribution in [0.3, 0.4) is 0 Å². The van der Waals surface area contributed by atoms with Crippen molar-refractivity contribution < 1.29 is 4.42 Å². The molecule has 2 rings (SSSR count). The molecule has 15 heavy (non-hydrogen) atoms. The summed E-state index contributed by atoms with van der Waals surface area (Å²) >= 11 is 0. The highest BCUT2D eigenvalue weighted by molar-refractivity contribution is 5.19. The Hall–Kier alpha value is -0.760. The molecule has 1 atom stereocenters. The second kappa shape index (κ2) is 4.84. The Kier molecular flexibility index (Phi) is 3.47. The fraction of sp³-hybridized carbons (Fsp3) is 0.692. The molecule has 84 valence electrons. The summed E-state index contributed by atoms with van der Waals surface area (Å²) in [5, 5.41) is 0. The van der Waals surface area contributed by atoms with Crippen LogP contribution >= 0.6 is 0 Å². The smallest absolute Gasteiger partial charge is 0.105 e. The van der Waals surface area contributed by atoms with Crippen molar-refractivity contribution in [3.8, 4) is 0 Å². The van der Waals surface area contributed by atoms with E-state index in [4.69, 9.17) is 10.2 Å². The number of rotatable bonds is 3. The van der Waals surface area contributed by atoms with E-state index < -0.39 is 0 Å². The predicted octanol–water partition coefficient (Wildman–Crippen LogP) is 3.56. The first-order chi connectivity index (χ1) is 7.27. The molecule has 1 heterocycles. The summed E-state index contributed by atoms with van der Waals surface area (Å²) in [5.74, 6) is 1.82. The first kappa shape index (κ1) is 10.7. The van der Waals surface area contributed by atoms with Crippen LogP contribution in [0.4, 0.5) is 0 Å². The van der Waals surface area contributed by atoms with E-state index in [0.29, 0.717) is 0 Å². The molecule has 2 N–H and O–H groups in total. The zero-order chi connectivity index (χ0) is 10.7. The van der Waals surface area contributed by atoms with E-state index in [1.165, 1.54) is 37.7 Å². The van der Waals surface area contributed by atoms with Gasteiger partial charge in [-0.2, -0.15) is 0 Å². The van der Waals surface area contributed by atoms with Crippen LogP contribution in [0.2, 0.25) is 0 Å². The summed E-state index contributed by atoms with van der Waals surface area (Å²) in [6.07, 6.45) is 9.79. The molecule has 0 bridgehead atoms. The normalized spacial score (nSPS) is 20.4. The molecule has 1 fully saturated rings. The van der Waals surface area contributed by atoms with E-state index in [-0.39, 0.29) is 6.04 Å². The van der Waals surface area contributed by atoms with Crippen LogP contribution in [0.5, 0.6) is 0 Å². The maximum absolute atomic E-state index is 6.21. The maximum Gasteiger partial charge on any atom is 0.105 e. The molecular formula is C13H21NO. The van der Waals surface area contributed by atoms with E-state index in [0.717, 1.165) is 18.1 Å². The third kappa shape index (κ3) is 2.63. The Morgan fingerprint density at radius 1 is 1.40 bits per heavy atom. The third-order valence-corrected chi connectivity index (χ3v) is 3.61. The molecule has 1 aliphatic carbocycles. The van der Waals surface area contributed by atoms with Gasteiger partial charge in [-0.25, -0.2) is 0 Å². The van der Waals surface area contributed by atoms with Crippen molar-refractivity contribution in [1.82, 2.24) is 0 Å². The van der Waals surface area contributed by atoms with Crippen LogP contribution in [0.1, 0.15) is 55.9 Å². The molecule has 1 aromatic heterocycles. The van der Waals surface area contributed by atoms with E-state index in [1.54, 1.807) is 6.26 Å². The fourth-order valence-electron chi connectivity index (χ4n) is 2.69. The summed E-state index contributed by atoms with van der Waals surface area (Å²) < 4.78 is 5.29. The molecular weight excluding hydrogens is 186 g/mol. The first-order valence-corrected chi connectivity index (χ1v) is 6.07. The number of furan rings is 1. The monoisotopic (exact) mass is 207 g/mol. The second-order valence-electron chi connectivity index (χ2n) is 4.78. The van der Waals surface area contributed by atoms with E-state index >= 15 is 0 Å². The van der Waals surface area contributed by atoms with Gasteiger partial charge in [-0.15, -0.1) is 0 Å². The van der Waals surface area contributed by atoms with Crippen molar-refractivity contribution >= 4 is 0 Å². The lowest BCUT2D eigenvalue weighted by Gasteiger charge is -2.24. The molecule has 0 radical (unpaired) electrons. The highest BCUT2D eigenvalue weighted by Crippen LogP contribution is 2.31. The van der Waals surface area contributed by atoms with Crippen LogP contribution in [0.25, 0.3) is 0 Å². The Morgan fingerprint density at radius 2 is 2.13 bits per heavy atom. The van der Waals surface area contributed by atoms with E-state index in [2.05, 4.69) is 0 Å². The van der Waals surface area contributed by atoms with Crippen LogP contribution in [0, 0.1) is 12.8 Å². The molecule has 1 saturated carbocycles. The molecule has 2 nitrogen and oxygen atoms in total. The summed E-state index contributed by atoms with van der Waals surface area (Å²) in [5.41, 5.74) is 7.41. The Labute approximate surface area is 91.8 Å². The van der Waals surface area contributed by atoms with E-state index in [1.807, 2.05) is 13.0 Å². The van der Waals surface area contributed by atoms with Gasteiger partial charge < -0.3 is 10.2 Å². The quantitative estimate of drug-likeness (QED) is 0.823. The molecule has 0 amide bonds. The minimum absolute atomic E-state index is 0.173. The average Bonchev–Trinajstić information content (AvgIpc) is 2.66. The third-order valence-electron chi connectivity index (χ3n) is 3.61. The molecule has 0 spiro atoms. The van der Waals surface area contributed by atoms with Crippen molar-refractivity contribution in [2.75, 3.05) is 0 Å². The van der Waals surface area contributed by atoms with Crippen LogP contribution in [-0.4, -0.2) is 0 Å². The van der Waals surface area contributed by atoms with Gasteiger partial charge in [0.1, 0.15) is 5.76 Å². The Morgan fingerprint density at radius 3 is 2.73 bits per heavy atom. The van der Waals surface area contributed by atoms with Gasteiger partial charge in [0.05, 0.1) is 6.26 Å². The van der Waals surface area contributed by atoms with Crippen molar-refractivity contribution in [2.45, 2.75) is 51.5 Å². The van der Waals surface area contributed by atoms with Crippen molar-refractivity contribution in [3.63, 3.8) is 0 Å². The summed E-state index contributed by atoms with van der Waals surface area (Å²) in [6, 6.07) is 2.19. The van der Waals surface area contributed by atoms with Gasteiger partial charge in [0.25, 0.3) is 0 Å². The fourth-order valence-corrected chi connectivity index (χ4v) is 2.69. The van der Waals surface area contributed by atoms with Gasteiger partial charge in [0.2, 0.25) is 0 Å². The van der Waals surface area contributed by atoms with Gasteiger partial charge in [-0.1, -0.05) is 32.1 Å². The van der Waals surface area contributed by atoms with Crippen LogP contribution in [0.15, 0.2) is 16.7 Å². The SMILES string of the molecule is Cc1occc1C(N)CC1CCCCC1. The standard InChI is InChI=1S/C13H21NO/c1-10-12(7-8-15-10)13(14)9-11-5-3-2-4-6-11/h7-8,11,13H,2-6,9,14H2,1H3. The van der Waals surface area contributed by atoms with Gasteiger partial charge in [0.15, 0.2) is 0 Å². The number of hydrogen-bond donors (Lipinski definition) is 1. The predicted molar refractivity (Wildman–Crippen MR) is 61.6 cm³/mol. The Bertz CT molecular complexity index is 299. The topological polar surface area (TPSA) is 39.2 Å². The Balaban J connectivity index is 1.91. The van der Waals surface area contributed by atoms with Crippen LogP contribution < -0.4 is 5.73 Å². The maximum atomic E-state index is 6.21. The molecule has 1 unspecified atom stereocenters. The zero-order valence-electron chi connectivity index (χ0n) is 9.54. The minimum atomic E-state index is 0.173. The van der Waals surface area contributed by atoms with Gasteiger partial charge in [-0.05, 0) is 25.3 Å². The molecule has 0 saturated heterocycles. The highest BCUT2D eigenvalue weighted by atomic mass is 16.3. The highest BCUT2D eigenvalue weighted by Gasteiger charge is 2.19. The lowest BCUT2D eigenvalue weighted by Crippen LogP contribution is -2.17. The molecule has 1 aromatic rings. The van der Waals surface area contributed by atoms with Gasteiger partial charge in [-0.3, -0.25) is 0 Å². The number of hydrogen-bond acceptors (Lipinski definition) is 2. The zero-order valence-corrected chi connectivity index (χ0v) is 9.54. The number of nitrogens with two attached hydrogens (primary N) is 1. The lowest BCUT2D eigenvalue weighted by molar-refractivity contribution is 0.318. The first-order valence-electron chi connectivity index (χ1n) is 6.07. The molecule has 2 heteroatoms. The van der Waals surface area contributed by atoms with E-state index in [9.17, 15) is 0 Å². The summed E-state index contributed by atoms with van der Waals surface area (Å²) in [4.78, 5) is 0. The molecule has 0 aliphatic heterocycles. The number of aryl methyl sites for hydroxylation is 1. The average molecular weight is 207 g/mol. The molecule has 1 aliphatic rings. The van der Waals surface area contributed by atoms with Gasteiger partial charge in [0, 0.05) is 11.6 Å². The van der Waals surface area contributed by atoms with Crippen LogP contribution in [-0.2, 0) is 0 Å². The van der Waals surface area contributed by atoms with Gasteiger partial charge >= 0.3 is 0 Å². The second-order valence-corrected chi connectivity index (χ2v) is 4.78.